The largest absolute Gasteiger partial charge is 0.435 e. The molecule has 0 spiro atoms. The second-order valence-electron chi connectivity index (χ2n) is 9.60. The molecule has 2 amide bonds. The number of pyridine rings is 1. The van der Waals surface area contributed by atoms with Crippen LogP contribution in [0.5, 0.6) is 5.75 Å². The SMILES string of the molecule is CC(C)(C)NC(=O)C(c1cccnc1)N(C(=O)Cc1c[nH]c2ccccc12)c1ccc(OC(F)F)cc1. The van der Waals surface area contributed by atoms with E-state index in [9.17, 15) is 18.4 Å². The first kappa shape index (κ1) is 25.8. The van der Waals surface area contributed by atoms with Gasteiger partial charge in [-0.2, -0.15) is 8.78 Å². The van der Waals surface area contributed by atoms with Gasteiger partial charge in [-0.15, -0.1) is 0 Å². The number of benzene rings is 2. The summed E-state index contributed by atoms with van der Waals surface area (Å²) in [6, 6.07) is 15.6. The number of carbonyl (C=O) groups is 2. The number of aromatic amines is 1. The van der Waals surface area contributed by atoms with Crippen molar-refractivity contribution < 1.29 is 23.1 Å². The molecule has 2 aromatic heterocycles. The molecular weight excluding hydrogens is 478 g/mol. The van der Waals surface area contributed by atoms with Crippen LogP contribution < -0.4 is 15.0 Å². The number of amides is 2. The van der Waals surface area contributed by atoms with Crippen molar-refractivity contribution in [3.63, 3.8) is 0 Å². The number of fused-ring (bicyclic) bond motifs is 1. The molecule has 2 heterocycles. The number of rotatable bonds is 8. The summed E-state index contributed by atoms with van der Waals surface area (Å²) in [5.74, 6) is -0.814. The number of halogens is 2. The maximum atomic E-state index is 14.0. The molecule has 0 fully saturated rings. The van der Waals surface area contributed by atoms with Gasteiger partial charge in [0.05, 0.1) is 6.42 Å². The minimum atomic E-state index is -2.98. The zero-order valence-corrected chi connectivity index (χ0v) is 20.7. The Kier molecular flexibility index (Phi) is 7.52. The van der Waals surface area contributed by atoms with Gasteiger partial charge in [0, 0.05) is 46.3 Å². The maximum Gasteiger partial charge on any atom is 0.387 e. The summed E-state index contributed by atoms with van der Waals surface area (Å²) in [5, 5.41) is 3.85. The van der Waals surface area contributed by atoms with Gasteiger partial charge in [0.1, 0.15) is 11.8 Å². The van der Waals surface area contributed by atoms with Crippen LogP contribution in [0.2, 0.25) is 0 Å². The van der Waals surface area contributed by atoms with Crippen LogP contribution in [-0.4, -0.2) is 33.9 Å². The van der Waals surface area contributed by atoms with Gasteiger partial charge in [0.2, 0.25) is 11.8 Å². The van der Waals surface area contributed by atoms with Crippen LogP contribution in [0.15, 0.2) is 79.3 Å². The number of ether oxygens (including phenoxy) is 1. The summed E-state index contributed by atoms with van der Waals surface area (Å²) in [6.45, 7) is 2.56. The van der Waals surface area contributed by atoms with Gasteiger partial charge in [-0.05, 0) is 62.7 Å². The highest BCUT2D eigenvalue weighted by molar-refractivity contribution is 6.03. The standard InChI is InChI=1S/C28H28F2N4O3/c1-28(2,3)33-26(36)25(18-7-6-14-31-16-18)34(20-10-12-21(13-11-20)37-27(29)30)24(35)15-19-17-32-23-9-5-4-8-22(19)23/h4-14,16-17,25,27,32H,15H2,1-3H3,(H,33,36). The molecule has 2 N–H and O–H groups in total. The Bertz CT molecular complexity index is 1370. The number of H-pyrrole nitrogens is 1. The first-order valence-corrected chi connectivity index (χ1v) is 11.8. The zero-order valence-electron chi connectivity index (χ0n) is 20.7. The summed E-state index contributed by atoms with van der Waals surface area (Å²) >= 11 is 0. The van der Waals surface area contributed by atoms with Crippen LogP contribution in [0.3, 0.4) is 0 Å². The van der Waals surface area contributed by atoms with E-state index in [1.807, 2.05) is 45.0 Å². The van der Waals surface area contributed by atoms with E-state index < -0.39 is 24.1 Å². The molecule has 0 radical (unpaired) electrons. The molecule has 0 aliphatic heterocycles. The molecule has 4 aromatic rings. The number of nitrogens with zero attached hydrogens (tertiary/aromatic N) is 2. The fourth-order valence-corrected chi connectivity index (χ4v) is 4.14. The number of carbonyl (C=O) groups excluding carboxylic acids is 2. The zero-order chi connectivity index (χ0) is 26.6. The van der Waals surface area contributed by atoms with Gasteiger partial charge in [0.25, 0.3) is 0 Å². The molecule has 0 saturated carbocycles. The van der Waals surface area contributed by atoms with Crippen molar-refractivity contribution in [1.82, 2.24) is 15.3 Å². The van der Waals surface area contributed by atoms with E-state index in [0.29, 0.717) is 11.3 Å². The fourth-order valence-electron chi connectivity index (χ4n) is 4.14. The first-order chi connectivity index (χ1) is 17.6. The Balaban J connectivity index is 1.79. The number of aromatic nitrogens is 2. The number of para-hydroxylation sites is 1. The fraction of sp³-hybridized carbons (Fsp3) is 0.250. The van der Waals surface area contributed by atoms with Gasteiger partial charge in [-0.1, -0.05) is 24.3 Å². The van der Waals surface area contributed by atoms with Crippen molar-refractivity contribution in [2.75, 3.05) is 4.90 Å². The number of hydrogen-bond acceptors (Lipinski definition) is 4. The molecule has 0 aliphatic rings. The van der Waals surface area contributed by atoms with Crippen LogP contribution in [0, 0.1) is 0 Å². The van der Waals surface area contributed by atoms with Crippen LogP contribution in [0.25, 0.3) is 10.9 Å². The smallest absolute Gasteiger partial charge is 0.387 e. The van der Waals surface area contributed by atoms with Crippen LogP contribution in [0.4, 0.5) is 14.5 Å². The summed E-state index contributed by atoms with van der Waals surface area (Å²) < 4.78 is 29.9. The van der Waals surface area contributed by atoms with Gasteiger partial charge >= 0.3 is 6.61 Å². The molecule has 0 bridgehead atoms. The van der Waals surface area contributed by atoms with Crippen LogP contribution >= 0.6 is 0 Å². The van der Waals surface area contributed by atoms with E-state index in [2.05, 4.69) is 20.0 Å². The minimum absolute atomic E-state index is 0.00113. The van der Waals surface area contributed by atoms with Crippen molar-refractivity contribution in [3.05, 3.63) is 90.4 Å². The van der Waals surface area contributed by atoms with Crippen molar-refractivity contribution in [2.24, 2.45) is 0 Å². The molecule has 7 nitrogen and oxygen atoms in total. The maximum absolute atomic E-state index is 14.0. The van der Waals surface area contributed by atoms with E-state index in [0.717, 1.165) is 16.5 Å². The molecule has 0 saturated heterocycles. The highest BCUT2D eigenvalue weighted by Crippen LogP contribution is 2.31. The van der Waals surface area contributed by atoms with Crippen molar-refractivity contribution in [3.8, 4) is 5.75 Å². The summed E-state index contributed by atoms with van der Waals surface area (Å²) in [6.07, 6.45) is 4.89. The Labute approximate surface area is 213 Å². The normalized spacial score (nSPS) is 12.4. The quantitative estimate of drug-likeness (QED) is 0.335. The highest BCUT2D eigenvalue weighted by Gasteiger charge is 2.35. The monoisotopic (exact) mass is 506 g/mol. The molecular formula is C28H28F2N4O3. The van der Waals surface area contributed by atoms with E-state index in [1.54, 1.807) is 24.5 Å². The number of hydrogen-bond donors (Lipinski definition) is 2. The summed E-state index contributed by atoms with van der Waals surface area (Å²) in [5.41, 5.74) is 1.94. The Morgan fingerprint density at radius 2 is 1.78 bits per heavy atom. The van der Waals surface area contributed by atoms with Gasteiger partial charge < -0.3 is 15.0 Å². The summed E-state index contributed by atoms with van der Waals surface area (Å²) in [4.78, 5) is 36.3. The molecule has 0 aliphatic carbocycles. The van der Waals surface area contributed by atoms with E-state index in [1.165, 1.54) is 35.4 Å². The lowest BCUT2D eigenvalue weighted by atomic mass is 10.0. The average Bonchev–Trinajstić information content (AvgIpc) is 3.25. The molecule has 1 atom stereocenters. The average molecular weight is 507 g/mol. The lowest BCUT2D eigenvalue weighted by molar-refractivity contribution is -0.127. The second-order valence-corrected chi connectivity index (χ2v) is 9.60. The first-order valence-electron chi connectivity index (χ1n) is 11.8. The van der Waals surface area contributed by atoms with Gasteiger partial charge in [-0.3, -0.25) is 19.5 Å². The van der Waals surface area contributed by atoms with Crippen LogP contribution in [0.1, 0.15) is 37.9 Å². The Morgan fingerprint density at radius 1 is 1.05 bits per heavy atom. The molecule has 4 rings (SSSR count). The number of anilines is 1. The van der Waals surface area contributed by atoms with Gasteiger partial charge in [-0.25, -0.2) is 0 Å². The summed E-state index contributed by atoms with van der Waals surface area (Å²) in [7, 11) is 0. The van der Waals surface area contributed by atoms with E-state index >= 15 is 0 Å². The molecule has 37 heavy (non-hydrogen) atoms. The molecule has 192 valence electrons. The van der Waals surface area contributed by atoms with Crippen molar-refractivity contribution in [2.45, 2.75) is 45.4 Å². The topological polar surface area (TPSA) is 87.3 Å². The van der Waals surface area contributed by atoms with Gasteiger partial charge in [0.15, 0.2) is 0 Å². The third-order valence-electron chi connectivity index (χ3n) is 5.63. The predicted octanol–water partition coefficient (Wildman–Crippen LogP) is 5.40. The highest BCUT2D eigenvalue weighted by atomic mass is 19.3. The second kappa shape index (κ2) is 10.8. The predicted molar refractivity (Wildman–Crippen MR) is 137 cm³/mol. The minimum Gasteiger partial charge on any atom is -0.435 e. The lowest BCUT2D eigenvalue weighted by Gasteiger charge is -2.33. The van der Waals surface area contributed by atoms with E-state index in [-0.39, 0.29) is 18.1 Å². The van der Waals surface area contributed by atoms with E-state index in [4.69, 9.17) is 0 Å². The van der Waals surface area contributed by atoms with Crippen molar-refractivity contribution in [1.29, 1.82) is 0 Å². The van der Waals surface area contributed by atoms with Crippen molar-refractivity contribution >= 4 is 28.4 Å². The third kappa shape index (κ3) is 6.30. The molecule has 1 unspecified atom stereocenters. The Hall–Kier alpha value is -4.27. The lowest BCUT2D eigenvalue weighted by Crippen LogP contribution is -2.49. The number of nitrogens with one attached hydrogen (secondary N) is 2. The molecule has 9 heteroatoms. The molecule has 2 aromatic carbocycles. The third-order valence-corrected chi connectivity index (χ3v) is 5.63. The number of alkyl halides is 2. The van der Waals surface area contributed by atoms with Crippen LogP contribution in [-0.2, 0) is 16.0 Å². The Morgan fingerprint density at radius 3 is 2.43 bits per heavy atom.